The van der Waals surface area contributed by atoms with Gasteiger partial charge >= 0.3 is 5.97 Å². The minimum absolute atomic E-state index is 0.0399. The molecule has 6 heteroatoms. The molecule has 0 radical (unpaired) electrons. The summed E-state index contributed by atoms with van der Waals surface area (Å²) >= 11 is 17.6. The average molecular weight is 312 g/mol. The van der Waals surface area contributed by atoms with Gasteiger partial charge in [-0.2, -0.15) is 0 Å². The number of unbranched alkanes of at least 4 members (excludes halogenated alkanes) is 2. The predicted octanol–water partition coefficient (Wildman–Crippen LogP) is 4.91. The third kappa shape index (κ3) is 3.67. The Labute approximate surface area is 121 Å². The van der Waals surface area contributed by atoms with Crippen LogP contribution in [0.3, 0.4) is 0 Å². The number of hydrogen-bond acceptors (Lipinski definition) is 2. The van der Waals surface area contributed by atoms with Gasteiger partial charge in [0.05, 0.1) is 16.7 Å². The minimum Gasteiger partial charge on any atom is -0.491 e. The molecule has 0 fully saturated rings. The number of ether oxygens (including phenoxy) is 1. The molecule has 3 nitrogen and oxygen atoms in total. The third-order valence-corrected chi connectivity index (χ3v) is 3.59. The van der Waals surface area contributed by atoms with E-state index in [1.165, 1.54) is 6.07 Å². The van der Waals surface area contributed by atoms with E-state index in [1.54, 1.807) is 0 Å². The van der Waals surface area contributed by atoms with E-state index >= 15 is 0 Å². The second kappa shape index (κ2) is 7.07. The highest BCUT2D eigenvalue weighted by atomic mass is 35.5. The lowest BCUT2D eigenvalue weighted by Crippen LogP contribution is -2.05. The van der Waals surface area contributed by atoms with E-state index in [4.69, 9.17) is 44.6 Å². The number of carboxylic acids is 1. The minimum atomic E-state index is -1.15. The van der Waals surface area contributed by atoms with Crippen LogP contribution in [-0.2, 0) is 0 Å². The van der Waals surface area contributed by atoms with Crippen LogP contribution in [0.5, 0.6) is 5.75 Å². The molecule has 0 bridgehead atoms. The lowest BCUT2D eigenvalue weighted by atomic mass is 10.2. The van der Waals surface area contributed by atoms with Crippen LogP contribution >= 0.6 is 34.8 Å². The Morgan fingerprint density at radius 3 is 2.50 bits per heavy atom. The summed E-state index contributed by atoms with van der Waals surface area (Å²) in [5.74, 6) is -1.07. The summed E-state index contributed by atoms with van der Waals surface area (Å²) in [4.78, 5) is 11.1. The first-order valence-corrected chi connectivity index (χ1v) is 6.66. The van der Waals surface area contributed by atoms with Gasteiger partial charge in [-0.05, 0) is 12.5 Å². The zero-order chi connectivity index (χ0) is 13.7. The van der Waals surface area contributed by atoms with Gasteiger partial charge in [-0.15, -0.1) is 0 Å². The average Bonchev–Trinajstić information content (AvgIpc) is 2.33. The summed E-state index contributed by atoms with van der Waals surface area (Å²) < 4.78 is 5.41. The number of benzene rings is 1. The third-order valence-electron chi connectivity index (χ3n) is 2.34. The maximum Gasteiger partial charge on any atom is 0.339 e. The van der Waals surface area contributed by atoms with Crippen molar-refractivity contribution in [1.29, 1.82) is 0 Å². The summed E-state index contributed by atoms with van der Waals surface area (Å²) in [6.45, 7) is 2.46. The van der Waals surface area contributed by atoms with Gasteiger partial charge in [0.15, 0.2) is 5.75 Å². The van der Waals surface area contributed by atoms with Gasteiger partial charge in [-0.25, -0.2) is 4.79 Å². The van der Waals surface area contributed by atoms with Gasteiger partial charge in [0.1, 0.15) is 10.6 Å². The molecule has 0 aromatic heterocycles. The molecule has 0 aliphatic heterocycles. The van der Waals surface area contributed by atoms with Crippen LogP contribution < -0.4 is 4.74 Å². The van der Waals surface area contributed by atoms with Crippen molar-refractivity contribution in [3.63, 3.8) is 0 Å². The molecule has 0 saturated carbocycles. The highest BCUT2D eigenvalue weighted by molar-refractivity contribution is 6.49. The lowest BCUT2D eigenvalue weighted by molar-refractivity contribution is 0.0692. The first-order valence-electron chi connectivity index (χ1n) is 5.52. The summed E-state index contributed by atoms with van der Waals surface area (Å²) in [5.41, 5.74) is -0.0779. The molecule has 0 heterocycles. The molecule has 100 valence electrons. The maximum atomic E-state index is 11.1. The molecule has 0 aliphatic carbocycles. The Balaban J connectivity index is 3.00. The van der Waals surface area contributed by atoms with Crippen LogP contribution in [0.25, 0.3) is 0 Å². The van der Waals surface area contributed by atoms with Gasteiger partial charge in [0.25, 0.3) is 0 Å². The van der Waals surface area contributed by atoms with Crippen molar-refractivity contribution in [2.24, 2.45) is 0 Å². The molecule has 18 heavy (non-hydrogen) atoms. The second-order valence-electron chi connectivity index (χ2n) is 3.72. The predicted molar refractivity (Wildman–Crippen MR) is 73.5 cm³/mol. The molecule has 0 amide bonds. The number of aromatic carboxylic acids is 1. The SMILES string of the molecule is CCCCCOc1c(C(=O)O)cc(Cl)c(Cl)c1Cl. The highest BCUT2D eigenvalue weighted by Gasteiger charge is 2.20. The van der Waals surface area contributed by atoms with Crippen molar-refractivity contribution in [1.82, 2.24) is 0 Å². The van der Waals surface area contributed by atoms with Gasteiger partial charge < -0.3 is 9.84 Å². The molecule has 1 aromatic rings. The number of carboxylic acid groups (broad SMARTS) is 1. The van der Waals surface area contributed by atoms with Crippen molar-refractivity contribution in [2.75, 3.05) is 6.61 Å². The van der Waals surface area contributed by atoms with Crippen molar-refractivity contribution in [2.45, 2.75) is 26.2 Å². The van der Waals surface area contributed by atoms with Crippen LogP contribution in [0.1, 0.15) is 36.5 Å². The van der Waals surface area contributed by atoms with Crippen molar-refractivity contribution in [3.05, 3.63) is 26.7 Å². The molecular formula is C12H13Cl3O3. The standard InChI is InChI=1S/C12H13Cl3O3/c1-2-3-4-5-18-11-7(12(16)17)6-8(13)9(14)10(11)15/h6H,2-5H2,1H3,(H,16,17). The van der Waals surface area contributed by atoms with E-state index in [1.807, 2.05) is 0 Å². The first-order chi connectivity index (χ1) is 8.49. The van der Waals surface area contributed by atoms with Gasteiger partial charge in [0, 0.05) is 0 Å². The van der Waals surface area contributed by atoms with Crippen LogP contribution in [-0.4, -0.2) is 17.7 Å². The largest absolute Gasteiger partial charge is 0.491 e. The van der Waals surface area contributed by atoms with Gasteiger partial charge in [0.2, 0.25) is 0 Å². The molecular weight excluding hydrogens is 298 g/mol. The first kappa shape index (κ1) is 15.4. The topological polar surface area (TPSA) is 46.5 Å². The number of carbonyl (C=O) groups is 1. The lowest BCUT2D eigenvalue weighted by Gasteiger charge is -2.12. The van der Waals surface area contributed by atoms with Crippen molar-refractivity contribution >= 4 is 40.8 Å². The van der Waals surface area contributed by atoms with E-state index in [0.717, 1.165) is 19.3 Å². The zero-order valence-electron chi connectivity index (χ0n) is 9.80. The molecule has 0 aliphatic rings. The Morgan fingerprint density at radius 1 is 1.28 bits per heavy atom. The van der Waals surface area contributed by atoms with Gasteiger partial charge in [-0.3, -0.25) is 0 Å². The molecule has 0 spiro atoms. The molecule has 0 unspecified atom stereocenters. The zero-order valence-corrected chi connectivity index (χ0v) is 12.1. The Bertz CT molecular complexity index is 447. The van der Waals surface area contributed by atoms with Gasteiger partial charge in [-0.1, -0.05) is 54.6 Å². The Kier molecular flexibility index (Phi) is 6.06. The van der Waals surface area contributed by atoms with E-state index < -0.39 is 5.97 Å². The molecule has 1 rings (SSSR count). The quantitative estimate of drug-likeness (QED) is 0.599. The maximum absolute atomic E-state index is 11.1. The van der Waals surface area contributed by atoms with E-state index in [9.17, 15) is 4.79 Å². The van der Waals surface area contributed by atoms with Crippen LogP contribution in [0, 0.1) is 0 Å². The number of hydrogen-bond donors (Lipinski definition) is 1. The second-order valence-corrected chi connectivity index (χ2v) is 4.89. The fraction of sp³-hybridized carbons (Fsp3) is 0.417. The Morgan fingerprint density at radius 2 is 1.94 bits per heavy atom. The molecule has 0 atom stereocenters. The van der Waals surface area contributed by atoms with Crippen molar-refractivity contribution in [3.8, 4) is 5.75 Å². The van der Waals surface area contributed by atoms with Crippen LogP contribution in [0.15, 0.2) is 6.07 Å². The summed E-state index contributed by atoms with van der Waals surface area (Å²) in [6.07, 6.45) is 2.87. The van der Waals surface area contributed by atoms with Crippen molar-refractivity contribution < 1.29 is 14.6 Å². The fourth-order valence-electron chi connectivity index (χ4n) is 1.40. The fourth-order valence-corrected chi connectivity index (χ4v) is 2.06. The summed E-state index contributed by atoms with van der Waals surface area (Å²) in [7, 11) is 0. The molecule has 0 saturated heterocycles. The van der Waals surface area contributed by atoms with E-state index in [-0.39, 0.29) is 26.4 Å². The molecule has 1 N–H and O–H groups in total. The molecule has 1 aromatic carbocycles. The van der Waals surface area contributed by atoms with E-state index in [0.29, 0.717) is 6.61 Å². The van der Waals surface area contributed by atoms with Crippen LogP contribution in [0.2, 0.25) is 15.1 Å². The number of rotatable bonds is 6. The van der Waals surface area contributed by atoms with E-state index in [2.05, 4.69) is 6.92 Å². The summed E-state index contributed by atoms with van der Waals surface area (Å²) in [6, 6.07) is 1.24. The normalized spacial score (nSPS) is 10.4. The van der Waals surface area contributed by atoms with Crippen LogP contribution in [0.4, 0.5) is 0 Å². The monoisotopic (exact) mass is 310 g/mol. The smallest absolute Gasteiger partial charge is 0.339 e. The highest BCUT2D eigenvalue weighted by Crippen LogP contribution is 2.40. The number of halogens is 3. The Hall–Kier alpha value is -0.640. The summed E-state index contributed by atoms with van der Waals surface area (Å²) in [5, 5.41) is 9.31.